The minimum absolute atomic E-state index is 0. The van der Waals surface area contributed by atoms with Crippen molar-refractivity contribution in [1.29, 1.82) is 0 Å². The van der Waals surface area contributed by atoms with E-state index < -0.39 is 80.1 Å². The number of carbonyl (C=O) groups is 6. The van der Waals surface area contributed by atoms with Gasteiger partial charge in [-0.15, -0.1) is 0 Å². The first kappa shape index (κ1) is 79.2. The summed E-state index contributed by atoms with van der Waals surface area (Å²) in [5, 5.41) is 7.69. The van der Waals surface area contributed by atoms with Crippen LogP contribution >= 0.6 is 0 Å². The highest BCUT2D eigenvalue weighted by atomic mass is 16.5. The number of carbonyl (C=O) groups excluding carboxylic acids is 6. The average molecular weight is 1180 g/mol. The molecule has 4 amide bonds. The molecule has 0 bridgehead atoms. The Labute approximate surface area is 543 Å². The van der Waals surface area contributed by atoms with Gasteiger partial charge in [-0.25, -0.2) is 14.4 Å². The van der Waals surface area contributed by atoms with E-state index in [1.165, 1.54) is 0 Å². The van der Waals surface area contributed by atoms with Gasteiger partial charge in [0.15, 0.2) is 17.6 Å². The van der Waals surface area contributed by atoms with E-state index in [4.69, 9.17) is 86.6 Å². The average Bonchev–Trinajstić information content (AvgIpc) is 1.63. The monoisotopic (exact) mass is 1180 g/mol. The van der Waals surface area contributed by atoms with Gasteiger partial charge < -0.3 is 50.4 Å². The van der Waals surface area contributed by atoms with Crippen molar-refractivity contribution in [3.8, 4) is 0 Å². The number of Topliss-reactive ketones (excluding diaryl/α,β-unsaturated/α-hetero) is 2. The number of benzene rings is 4. The van der Waals surface area contributed by atoms with E-state index in [0.29, 0.717) is 36.6 Å². The van der Waals surface area contributed by atoms with Crippen LogP contribution in [0.4, 0.5) is 32.3 Å². The van der Waals surface area contributed by atoms with Crippen LogP contribution in [0, 0.1) is 5.92 Å². The van der Waals surface area contributed by atoms with Crippen LogP contribution in [0.5, 0.6) is 0 Å². The quantitative estimate of drug-likeness (QED) is 0.0372. The lowest BCUT2D eigenvalue weighted by molar-refractivity contribution is -0.146. The number of ketones is 2. The smallest absolute Gasteiger partial charge is 0.336 e. The van der Waals surface area contributed by atoms with Gasteiger partial charge >= 0.3 is 24.0 Å². The summed E-state index contributed by atoms with van der Waals surface area (Å²) in [6, 6.07) is 29.4. The van der Waals surface area contributed by atoms with Crippen molar-refractivity contribution < 1.29 is 47.7 Å². The highest BCUT2D eigenvalue weighted by Crippen LogP contribution is 2.22. The molecule has 30 heteroatoms. The number of nitrogens with one attached hydrogen (secondary N) is 3. The SMILES string of the molecule is C.C=C=C=C=C=C=C=C=C=C=C=C=C=C.CCOC(=O)C(C)C(=O)c1ccccc1.CCOC(=O)C(NC(=O)Nc1cccc(N2CCOCC2)c1)C(=O)c1ccccc1.NC(=O)Nc1cccc(N2CCOCC2)c1.[B]B([B])B(B([B])[B])B(B([B])[B])B([B])[B]. The molecule has 2 heterocycles. The molecule has 2 saturated heterocycles. The maximum atomic E-state index is 12.7. The van der Waals surface area contributed by atoms with Gasteiger partial charge in [0, 0.05) is 160 Å². The third-order valence-corrected chi connectivity index (χ3v) is 12.1. The number of primary amides is 1. The summed E-state index contributed by atoms with van der Waals surface area (Å²) in [5.74, 6) is -2.73. The molecule has 6 rings (SSSR count). The van der Waals surface area contributed by atoms with Crippen LogP contribution in [0.1, 0.15) is 48.9 Å². The minimum Gasteiger partial charge on any atom is -0.465 e. The number of esters is 2. The number of ether oxygens (including phenoxy) is 4. The van der Waals surface area contributed by atoms with E-state index in [-0.39, 0.29) is 19.8 Å². The van der Waals surface area contributed by atoms with Gasteiger partial charge in [0.05, 0.1) is 39.6 Å². The van der Waals surface area contributed by atoms with E-state index in [0.717, 1.165) is 56.5 Å². The number of urea groups is 2. The standard InChI is InChI=1S/C22H25N3O5.C14H4.C12H14O3.C11H15N3O2.CH4.B14/c1-2-30-21(27)19(20(26)16-7-4-3-5-8-16)24-22(28)23-17-9-6-10-18(15-17)25-11-13-29-14-12-25;1-3-5-7-9-11-13-14-12-10-8-6-4-2;1-3-15-12(14)9(2)11(13)10-7-5-4-6-8-10;12-11(15)13-9-2-1-3-10(8-9)14-4-6-16-7-5-14;;1-9(2)13(10(3)4)14(11(5)6)12(7)8/h3-10,15,19H,2,11-14H2,1H3,(H2,23,24,28);1-2H2;4-9H,3H2,1-2H3;1-3,8H,4-7H2,(H3,12,13,15);1H4;. The molecule has 0 spiro atoms. The topological polar surface area (TPSA) is 208 Å². The summed E-state index contributed by atoms with van der Waals surface area (Å²) in [5.41, 5.74) is 38.7. The third kappa shape index (κ3) is 31.4. The van der Waals surface area contributed by atoms with Crippen molar-refractivity contribution in [3.63, 3.8) is 0 Å². The summed E-state index contributed by atoms with van der Waals surface area (Å²) in [6.07, 6.45) is -4.08. The second-order valence-corrected chi connectivity index (χ2v) is 18.6. The summed E-state index contributed by atoms with van der Waals surface area (Å²) < 4.78 is 20.4. The van der Waals surface area contributed by atoms with Crippen LogP contribution in [-0.4, -0.2) is 208 Å². The normalized spacial score (nSPS) is 11.6. The summed E-state index contributed by atoms with van der Waals surface area (Å²) in [4.78, 5) is 75.8. The fourth-order valence-electron chi connectivity index (χ4n) is 7.98. The number of nitrogens with zero attached hydrogens (tertiary/aromatic N) is 2. The van der Waals surface area contributed by atoms with Crippen molar-refractivity contribution in [1.82, 2.24) is 5.32 Å². The molecule has 5 N–H and O–H groups in total. The number of rotatable bonds is 18. The van der Waals surface area contributed by atoms with Gasteiger partial charge in [0.25, 0.3) is 0 Å². The van der Waals surface area contributed by atoms with E-state index >= 15 is 0 Å². The van der Waals surface area contributed by atoms with Crippen LogP contribution in [0.2, 0.25) is 0 Å². The zero-order chi connectivity index (χ0) is 65.9. The zero-order valence-electron chi connectivity index (χ0n) is 50.2. The Morgan fingerprint density at radius 3 is 1.24 bits per heavy atom. The van der Waals surface area contributed by atoms with Crippen molar-refractivity contribution in [3.05, 3.63) is 202 Å². The molecule has 0 aromatic heterocycles. The van der Waals surface area contributed by atoms with Crippen molar-refractivity contribution in [2.24, 2.45) is 11.7 Å². The lowest BCUT2D eigenvalue weighted by atomic mass is 8.47. The number of anilines is 4. The van der Waals surface area contributed by atoms with Crippen LogP contribution in [0.25, 0.3) is 0 Å². The first-order chi connectivity index (χ1) is 42.7. The molecular weight excluding hydrogens is 1120 g/mol. The fraction of sp³-hybridized carbons (Fsp3) is 0.267. The molecule has 2 atom stereocenters. The Morgan fingerprint density at radius 1 is 0.533 bits per heavy atom. The number of nitrogens with two attached hydrogens (primary N) is 1. The molecule has 4 aromatic rings. The maximum Gasteiger partial charge on any atom is 0.336 e. The van der Waals surface area contributed by atoms with Gasteiger partial charge in [0.2, 0.25) is 0 Å². The first-order valence-electron chi connectivity index (χ1n) is 27.8. The van der Waals surface area contributed by atoms with Crippen LogP contribution in [0.15, 0.2) is 191 Å². The molecule has 2 aliphatic heterocycles. The second-order valence-electron chi connectivity index (χ2n) is 18.6. The Morgan fingerprint density at radius 2 is 0.889 bits per heavy atom. The number of hydrogen-bond donors (Lipinski definition) is 4. The fourth-order valence-corrected chi connectivity index (χ4v) is 7.98. The molecular formula is C60H62B14N6O10. The zero-order valence-corrected chi connectivity index (χ0v) is 50.2. The minimum atomic E-state index is -1.44. The van der Waals surface area contributed by atoms with E-state index in [2.05, 4.69) is 108 Å². The summed E-state index contributed by atoms with van der Waals surface area (Å²) in [6.45, 7) is 18.0. The Hall–Kier alpha value is -8.77. The highest BCUT2D eigenvalue weighted by Gasteiger charge is 2.36. The summed E-state index contributed by atoms with van der Waals surface area (Å²) >= 11 is 0. The number of morpholine rings is 2. The predicted molar refractivity (Wildman–Crippen MR) is 373 cm³/mol. The highest BCUT2D eigenvalue weighted by molar-refractivity contribution is 8.10. The lowest BCUT2D eigenvalue weighted by Gasteiger charge is -2.34. The molecule has 90 heavy (non-hydrogen) atoms. The molecule has 16 nitrogen and oxygen atoms in total. The molecule has 0 aliphatic carbocycles. The summed E-state index contributed by atoms with van der Waals surface area (Å²) in [7, 11) is 44.1. The van der Waals surface area contributed by atoms with Crippen LogP contribution in [-0.2, 0) is 28.5 Å². The van der Waals surface area contributed by atoms with E-state index in [9.17, 15) is 28.8 Å². The second kappa shape index (κ2) is 46.4. The van der Waals surface area contributed by atoms with Crippen LogP contribution in [0.3, 0.4) is 0 Å². The molecule has 2 aliphatic rings. The Balaban J connectivity index is 0.000000587. The van der Waals surface area contributed by atoms with Crippen LogP contribution < -0.4 is 31.5 Å². The molecule has 4 aromatic carbocycles. The Kier molecular flexibility index (Phi) is 40.8. The largest absolute Gasteiger partial charge is 0.465 e. The molecule has 434 valence electrons. The van der Waals surface area contributed by atoms with Gasteiger partial charge in [-0.3, -0.25) is 14.4 Å². The molecule has 2 fully saturated rings. The van der Waals surface area contributed by atoms with Crippen molar-refractivity contribution in [2.75, 3.05) is 86.3 Å². The molecule has 2 unspecified atom stereocenters. The number of hydrogen-bond acceptors (Lipinski definition) is 12. The third-order valence-electron chi connectivity index (χ3n) is 12.1. The van der Waals surface area contributed by atoms with Gasteiger partial charge in [0.1, 0.15) is 5.92 Å². The maximum absolute atomic E-state index is 12.7. The van der Waals surface area contributed by atoms with Gasteiger partial charge in [-0.1, -0.05) is 91.7 Å². The molecule has 16 radical (unpaired) electrons. The van der Waals surface area contributed by atoms with Gasteiger partial charge in [-0.2, -0.15) is 0 Å². The van der Waals surface area contributed by atoms with Gasteiger partial charge in [-0.05, 0) is 128 Å². The Bertz CT molecular complexity index is 3320. The first-order valence-corrected chi connectivity index (χ1v) is 27.8. The van der Waals surface area contributed by atoms with E-state index in [1.54, 1.807) is 81.4 Å². The number of amides is 4. The lowest BCUT2D eigenvalue weighted by Crippen LogP contribution is -2.72. The van der Waals surface area contributed by atoms with Crippen molar-refractivity contribution in [2.45, 2.75) is 34.2 Å². The van der Waals surface area contributed by atoms with Crippen molar-refractivity contribution >= 4 is 159 Å². The molecule has 0 saturated carbocycles. The predicted octanol–water partition coefficient (Wildman–Crippen LogP) is 3.51. The van der Waals surface area contributed by atoms with E-state index in [1.807, 2.05) is 48.5 Å².